The summed E-state index contributed by atoms with van der Waals surface area (Å²) in [7, 11) is 0. The second-order valence-electron chi connectivity index (χ2n) is 4.32. The van der Waals surface area contributed by atoms with E-state index < -0.39 is 11.8 Å². The molecule has 1 aromatic rings. The minimum Gasteiger partial charge on any atom is -0.478 e. The molecule has 1 aromatic carbocycles. The van der Waals surface area contributed by atoms with Crippen LogP contribution in [0.2, 0.25) is 0 Å². The fourth-order valence-corrected chi connectivity index (χ4v) is 2.66. The van der Waals surface area contributed by atoms with Crippen molar-refractivity contribution in [2.24, 2.45) is 5.92 Å². The number of carboxylic acid groups (broad SMARTS) is 1. The van der Waals surface area contributed by atoms with Crippen molar-refractivity contribution in [1.82, 2.24) is 0 Å². The standard InChI is InChI=1S/C12H11BrFNO3S/c13-8-2-1-7(12(17)18)11(10(8)14)15-4-6(5-19)3-9(15)16/h1-2,6,19H,3-5H2,(H,17,18). The molecule has 1 fully saturated rings. The number of rotatable bonds is 3. The Kier molecular flexibility index (Phi) is 4.15. The average molecular weight is 348 g/mol. The lowest BCUT2D eigenvalue weighted by molar-refractivity contribution is -0.117. The van der Waals surface area contributed by atoms with Crippen molar-refractivity contribution >= 4 is 46.1 Å². The van der Waals surface area contributed by atoms with Crippen LogP contribution in [0.15, 0.2) is 16.6 Å². The Morgan fingerprint density at radius 1 is 1.58 bits per heavy atom. The van der Waals surface area contributed by atoms with Gasteiger partial charge in [-0.25, -0.2) is 9.18 Å². The third-order valence-electron chi connectivity index (χ3n) is 3.03. The molecule has 102 valence electrons. The van der Waals surface area contributed by atoms with Gasteiger partial charge in [-0.3, -0.25) is 4.79 Å². The van der Waals surface area contributed by atoms with Gasteiger partial charge in [-0.1, -0.05) is 0 Å². The molecule has 1 heterocycles. The summed E-state index contributed by atoms with van der Waals surface area (Å²) < 4.78 is 14.3. The molecule has 1 unspecified atom stereocenters. The van der Waals surface area contributed by atoms with Crippen LogP contribution in [0.5, 0.6) is 0 Å². The zero-order chi connectivity index (χ0) is 14.2. The third-order valence-corrected chi connectivity index (χ3v) is 4.16. The lowest BCUT2D eigenvalue weighted by Gasteiger charge is -2.20. The molecule has 0 bridgehead atoms. The molecule has 4 nitrogen and oxygen atoms in total. The Bertz CT molecular complexity index is 552. The molecule has 1 saturated heterocycles. The molecule has 1 atom stereocenters. The predicted octanol–water partition coefficient (Wildman–Crippen LogP) is 2.57. The lowest BCUT2D eigenvalue weighted by atomic mass is 10.1. The van der Waals surface area contributed by atoms with Crippen LogP contribution >= 0.6 is 28.6 Å². The first kappa shape index (κ1) is 14.3. The first-order valence-corrected chi connectivity index (χ1v) is 7.00. The normalized spacial score (nSPS) is 19.0. The number of carbonyl (C=O) groups excluding carboxylic acids is 1. The van der Waals surface area contributed by atoms with E-state index in [-0.39, 0.29) is 40.5 Å². The van der Waals surface area contributed by atoms with E-state index in [0.29, 0.717) is 5.75 Å². The van der Waals surface area contributed by atoms with E-state index in [4.69, 9.17) is 5.11 Å². The predicted molar refractivity (Wildman–Crippen MR) is 75.4 cm³/mol. The SMILES string of the molecule is O=C(O)c1ccc(Br)c(F)c1N1CC(CS)CC1=O. The highest BCUT2D eigenvalue weighted by Crippen LogP contribution is 2.34. The highest BCUT2D eigenvalue weighted by molar-refractivity contribution is 9.10. The molecule has 19 heavy (non-hydrogen) atoms. The molecule has 1 aliphatic rings. The summed E-state index contributed by atoms with van der Waals surface area (Å²) in [5.74, 6) is -1.76. The van der Waals surface area contributed by atoms with Gasteiger partial charge in [0.25, 0.3) is 0 Å². The lowest BCUT2D eigenvalue weighted by Crippen LogP contribution is -2.28. The third kappa shape index (κ3) is 2.62. The van der Waals surface area contributed by atoms with E-state index >= 15 is 0 Å². The van der Waals surface area contributed by atoms with Gasteiger partial charge in [-0.2, -0.15) is 12.6 Å². The number of anilines is 1. The van der Waals surface area contributed by atoms with Crippen molar-refractivity contribution < 1.29 is 19.1 Å². The second kappa shape index (κ2) is 5.50. The summed E-state index contributed by atoms with van der Waals surface area (Å²) in [6, 6.07) is 2.60. The average Bonchev–Trinajstić information content (AvgIpc) is 2.73. The molecule has 0 spiro atoms. The van der Waals surface area contributed by atoms with Gasteiger partial charge in [0, 0.05) is 13.0 Å². The molecule has 0 aliphatic carbocycles. The molecule has 1 aliphatic heterocycles. The number of hydrogen-bond acceptors (Lipinski definition) is 3. The van der Waals surface area contributed by atoms with E-state index in [1.165, 1.54) is 17.0 Å². The number of halogens is 2. The Morgan fingerprint density at radius 2 is 2.26 bits per heavy atom. The molecule has 7 heteroatoms. The number of thiol groups is 1. The Balaban J connectivity index is 2.52. The monoisotopic (exact) mass is 347 g/mol. The van der Waals surface area contributed by atoms with Gasteiger partial charge in [-0.15, -0.1) is 0 Å². The highest BCUT2D eigenvalue weighted by Gasteiger charge is 2.34. The molecule has 1 N–H and O–H groups in total. The first-order chi connectivity index (χ1) is 8.95. The maximum Gasteiger partial charge on any atom is 0.337 e. The van der Waals surface area contributed by atoms with Gasteiger partial charge >= 0.3 is 5.97 Å². The van der Waals surface area contributed by atoms with E-state index in [2.05, 4.69) is 28.6 Å². The topological polar surface area (TPSA) is 57.6 Å². The molecule has 0 saturated carbocycles. The van der Waals surface area contributed by atoms with Gasteiger partial charge in [0.05, 0.1) is 15.7 Å². The molecule has 2 rings (SSSR count). The van der Waals surface area contributed by atoms with Crippen molar-refractivity contribution in [3.63, 3.8) is 0 Å². The van der Waals surface area contributed by atoms with Gasteiger partial charge in [-0.05, 0) is 39.7 Å². The van der Waals surface area contributed by atoms with Crippen LogP contribution in [0.3, 0.4) is 0 Å². The molecule has 0 aromatic heterocycles. The highest BCUT2D eigenvalue weighted by atomic mass is 79.9. The zero-order valence-corrected chi connectivity index (χ0v) is 12.2. The van der Waals surface area contributed by atoms with Crippen LogP contribution in [-0.2, 0) is 4.79 Å². The summed E-state index contributed by atoms with van der Waals surface area (Å²) in [4.78, 5) is 24.3. The van der Waals surface area contributed by atoms with Crippen LogP contribution in [0.25, 0.3) is 0 Å². The Hall–Kier alpha value is -1.08. The maximum absolute atomic E-state index is 14.2. The van der Waals surface area contributed by atoms with Crippen LogP contribution in [-0.4, -0.2) is 29.3 Å². The fourth-order valence-electron chi connectivity index (χ4n) is 2.10. The van der Waals surface area contributed by atoms with Crippen molar-refractivity contribution in [1.29, 1.82) is 0 Å². The number of carbonyl (C=O) groups is 2. The number of nitrogens with zero attached hydrogens (tertiary/aromatic N) is 1. The number of aromatic carboxylic acids is 1. The second-order valence-corrected chi connectivity index (χ2v) is 5.54. The Labute approximate surface area is 123 Å². The summed E-state index contributed by atoms with van der Waals surface area (Å²) in [6.45, 7) is 0.288. The number of amides is 1. The number of hydrogen-bond donors (Lipinski definition) is 2. The first-order valence-electron chi connectivity index (χ1n) is 5.58. The van der Waals surface area contributed by atoms with Crippen LogP contribution in [0.1, 0.15) is 16.8 Å². The van der Waals surface area contributed by atoms with E-state index in [0.717, 1.165) is 0 Å². The van der Waals surface area contributed by atoms with Crippen molar-refractivity contribution in [3.8, 4) is 0 Å². The van der Waals surface area contributed by atoms with Crippen LogP contribution in [0, 0.1) is 11.7 Å². The van der Waals surface area contributed by atoms with Crippen molar-refractivity contribution in [3.05, 3.63) is 28.0 Å². The minimum atomic E-state index is -1.26. The van der Waals surface area contributed by atoms with Crippen LogP contribution < -0.4 is 4.90 Å². The van der Waals surface area contributed by atoms with Gasteiger partial charge in [0.1, 0.15) is 0 Å². The van der Waals surface area contributed by atoms with Gasteiger partial charge in [0.15, 0.2) is 5.82 Å². The summed E-state index contributed by atoms with van der Waals surface area (Å²) in [5.41, 5.74) is -0.384. The number of carboxylic acids is 1. The summed E-state index contributed by atoms with van der Waals surface area (Å²) in [6.07, 6.45) is 0.258. The minimum absolute atomic E-state index is 0.0101. The molecular formula is C12H11BrFNO3S. The van der Waals surface area contributed by atoms with Gasteiger partial charge in [0.2, 0.25) is 5.91 Å². The van der Waals surface area contributed by atoms with Crippen molar-refractivity contribution in [2.75, 3.05) is 17.2 Å². The largest absolute Gasteiger partial charge is 0.478 e. The van der Waals surface area contributed by atoms with Gasteiger partial charge < -0.3 is 10.0 Å². The number of benzene rings is 1. The quantitative estimate of drug-likeness (QED) is 0.826. The molecular weight excluding hydrogens is 337 g/mol. The molecule has 0 radical (unpaired) electrons. The van der Waals surface area contributed by atoms with E-state index in [9.17, 15) is 14.0 Å². The summed E-state index contributed by atoms with van der Waals surface area (Å²) >= 11 is 7.13. The zero-order valence-electron chi connectivity index (χ0n) is 9.77. The smallest absolute Gasteiger partial charge is 0.337 e. The molecule has 1 amide bonds. The fraction of sp³-hybridized carbons (Fsp3) is 0.333. The van der Waals surface area contributed by atoms with E-state index in [1.807, 2.05) is 0 Å². The maximum atomic E-state index is 14.2. The Morgan fingerprint density at radius 3 is 2.79 bits per heavy atom. The summed E-state index contributed by atoms with van der Waals surface area (Å²) in [5, 5.41) is 9.12. The van der Waals surface area contributed by atoms with Crippen molar-refractivity contribution in [2.45, 2.75) is 6.42 Å². The van der Waals surface area contributed by atoms with Crippen LogP contribution in [0.4, 0.5) is 10.1 Å². The van der Waals surface area contributed by atoms with E-state index in [1.54, 1.807) is 0 Å².